The minimum Gasteiger partial charge on any atom is -0.359 e. The van der Waals surface area contributed by atoms with Gasteiger partial charge in [0.05, 0.1) is 6.33 Å². The lowest BCUT2D eigenvalue weighted by Gasteiger charge is -2.09. The van der Waals surface area contributed by atoms with E-state index in [1.165, 1.54) is 6.33 Å². The smallest absolute Gasteiger partial charge is 0.359 e. The van der Waals surface area contributed by atoms with Crippen LogP contribution in [0.15, 0.2) is 6.33 Å². The molecule has 0 aliphatic rings. The predicted octanol–water partition coefficient (Wildman–Crippen LogP) is 1.99. The number of halogens is 4. The molecule has 0 radical (unpaired) electrons. The van der Waals surface area contributed by atoms with Crippen LogP contribution in [0.2, 0.25) is 5.28 Å². The Morgan fingerprint density at radius 1 is 1.41 bits per heavy atom. The molecule has 0 unspecified atom stereocenters. The molecule has 5 nitrogen and oxygen atoms in total. The molecule has 0 spiro atoms. The molecule has 17 heavy (non-hydrogen) atoms. The van der Waals surface area contributed by atoms with E-state index in [0.717, 1.165) is 0 Å². The normalized spacial score (nSPS) is 12.1. The van der Waals surface area contributed by atoms with Crippen molar-refractivity contribution >= 4 is 28.6 Å². The Bertz CT molecular complexity index is 550. The van der Waals surface area contributed by atoms with Crippen LogP contribution in [0.5, 0.6) is 0 Å². The van der Waals surface area contributed by atoms with Crippen molar-refractivity contribution in [3.05, 3.63) is 11.6 Å². The lowest BCUT2D eigenvalue weighted by Crippen LogP contribution is -2.22. The fourth-order valence-corrected chi connectivity index (χ4v) is 1.45. The first-order chi connectivity index (χ1) is 7.87. The highest BCUT2D eigenvalue weighted by Crippen LogP contribution is 2.22. The number of hydrogen-bond acceptors (Lipinski definition) is 4. The second-order valence-electron chi connectivity index (χ2n) is 3.34. The lowest BCUT2D eigenvalue weighted by molar-refractivity contribution is -0.115. The summed E-state index contributed by atoms with van der Waals surface area (Å²) in [4.78, 5) is 11.5. The number of imidazole rings is 1. The summed E-state index contributed by atoms with van der Waals surface area (Å²) < 4.78 is 37.8. The van der Waals surface area contributed by atoms with E-state index in [-0.39, 0.29) is 16.6 Å². The van der Waals surface area contributed by atoms with E-state index >= 15 is 0 Å². The van der Waals surface area contributed by atoms with Gasteiger partial charge in [-0.1, -0.05) is 0 Å². The van der Waals surface area contributed by atoms with Crippen LogP contribution in [0, 0.1) is 0 Å². The monoisotopic (exact) mass is 265 g/mol. The highest BCUT2D eigenvalue weighted by molar-refractivity contribution is 6.28. The summed E-state index contributed by atoms with van der Waals surface area (Å²) in [5.41, 5.74) is 0.621. The van der Waals surface area contributed by atoms with Crippen molar-refractivity contribution in [1.29, 1.82) is 0 Å². The van der Waals surface area contributed by atoms with Crippen LogP contribution in [0.4, 0.5) is 19.0 Å². The first-order valence-corrected chi connectivity index (χ1v) is 4.90. The molecule has 2 rings (SSSR count). The summed E-state index contributed by atoms with van der Waals surface area (Å²) in [6.45, 7) is -1.20. The topological polar surface area (TPSA) is 55.6 Å². The minimum absolute atomic E-state index is 0.0297. The van der Waals surface area contributed by atoms with Crippen LogP contribution < -0.4 is 5.32 Å². The van der Waals surface area contributed by atoms with E-state index in [1.54, 1.807) is 11.6 Å². The van der Waals surface area contributed by atoms with Crippen molar-refractivity contribution in [2.75, 3.05) is 11.9 Å². The van der Waals surface area contributed by atoms with Gasteiger partial charge in [-0.2, -0.15) is 23.1 Å². The van der Waals surface area contributed by atoms with Gasteiger partial charge in [-0.3, -0.25) is 0 Å². The standard InChI is InChI=1S/C8H7ClF3N5/c1-17-3-14-4-5(13-2-8(10,11)12)15-7(9)16-6(4)17/h3H,2H2,1H3,(H,13,15,16). The number of aromatic nitrogens is 4. The highest BCUT2D eigenvalue weighted by Gasteiger charge is 2.27. The number of hydrogen-bond donors (Lipinski definition) is 1. The molecule has 2 aromatic rings. The predicted molar refractivity (Wildman–Crippen MR) is 55.9 cm³/mol. The number of nitrogens with zero attached hydrogens (tertiary/aromatic N) is 4. The van der Waals surface area contributed by atoms with E-state index in [0.29, 0.717) is 5.65 Å². The van der Waals surface area contributed by atoms with Crippen LogP contribution in [0.25, 0.3) is 11.2 Å². The summed E-state index contributed by atoms with van der Waals surface area (Å²) >= 11 is 5.62. The second kappa shape index (κ2) is 4.02. The van der Waals surface area contributed by atoms with Crippen LogP contribution in [0.1, 0.15) is 0 Å². The Hall–Kier alpha value is -1.57. The molecular weight excluding hydrogens is 259 g/mol. The van der Waals surface area contributed by atoms with E-state index in [2.05, 4.69) is 20.3 Å². The summed E-state index contributed by atoms with van der Waals surface area (Å²) in [6.07, 6.45) is -2.91. The molecule has 2 aromatic heterocycles. The molecule has 0 amide bonds. The number of alkyl halides is 3. The van der Waals surface area contributed by atoms with Gasteiger partial charge in [0.1, 0.15) is 6.54 Å². The van der Waals surface area contributed by atoms with Gasteiger partial charge in [-0.05, 0) is 11.6 Å². The molecule has 0 atom stereocenters. The van der Waals surface area contributed by atoms with E-state index in [9.17, 15) is 13.2 Å². The Morgan fingerprint density at radius 2 is 2.12 bits per heavy atom. The molecule has 0 saturated carbocycles. The third-order valence-electron chi connectivity index (χ3n) is 1.99. The first kappa shape index (κ1) is 11.9. The average Bonchev–Trinajstić information content (AvgIpc) is 2.56. The molecule has 1 N–H and O–H groups in total. The largest absolute Gasteiger partial charge is 0.405 e. The molecule has 2 heterocycles. The number of fused-ring (bicyclic) bond motifs is 1. The molecule has 0 aliphatic carbocycles. The Morgan fingerprint density at radius 3 is 2.76 bits per heavy atom. The van der Waals surface area contributed by atoms with E-state index in [1.807, 2.05) is 0 Å². The Kier molecular flexibility index (Phi) is 2.82. The Labute approximate surface area is 98.6 Å². The average molecular weight is 266 g/mol. The zero-order valence-electron chi connectivity index (χ0n) is 8.59. The molecule has 0 aliphatic heterocycles. The van der Waals surface area contributed by atoms with Gasteiger partial charge in [-0.15, -0.1) is 0 Å². The molecular formula is C8H7ClF3N5. The number of rotatable bonds is 2. The maximum absolute atomic E-state index is 12.1. The maximum Gasteiger partial charge on any atom is 0.405 e. The van der Waals surface area contributed by atoms with Gasteiger partial charge in [0.25, 0.3) is 0 Å². The third-order valence-corrected chi connectivity index (χ3v) is 2.16. The first-order valence-electron chi connectivity index (χ1n) is 4.52. The van der Waals surface area contributed by atoms with Crippen molar-refractivity contribution in [2.24, 2.45) is 7.05 Å². The highest BCUT2D eigenvalue weighted by atomic mass is 35.5. The van der Waals surface area contributed by atoms with Crippen molar-refractivity contribution in [2.45, 2.75) is 6.18 Å². The summed E-state index contributed by atoms with van der Waals surface area (Å²) in [7, 11) is 1.66. The summed E-state index contributed by atoms with van der Waals surface area (Å²) in [5.74, 6) is -0.0297. The zero-order chi connectivity index (χ0) is 12.6. The van der Waals surface area contributed by atoms with Crippen molar-refractivity contribution in [3.8, 4) is 0 Å². The minimum atomic E-state index is -4.33. The number of anilines is 1. The fraction of sp³-hybridized carbons (Fsp3) is 0.375. The van der Waals surface area contributed by atoms with Gasteiger partial charge in [0.2, 0.25) is 5.28 Å². The quantitative estimate of drug-likeness (QED) is 0.844. The zero-order valence-corrected chi connectivity index (χ0v) is 9.34. The molecule has 0 aromatic carbocycles. The van der Waals surface area contributed by atoms with Crippen LogP contribution in [-0.4, -0.2) is 32.2 Å². The van der Waals surface area contributed by atoms with Crippen molar-refractivity contribution in [1.82, 2.24) is 19.5 Å². The number of nitrogens with one attached hydrogen (secondary N) is 1. The van der Waals surface area contributed by atoms with Gasteiger partial charge >= 0.3 is 6.18 Å². The van der Waals surface area contributed by atoms with Gasteiger partial charge in [0.15, 0.2) is 17.0 Å². The van der Waals surface area contributed by atoms with Crippen molar-refractivity contribution < 1.29 is 13.2 Å². The molecule has 0 fully saturated rings. The summed E-state index contributed by atoms with van der Waals surface area (Å²) in [6, 6.07) is 0. The van der Waals surface area contributed by atoms with E-state index in [4.69, 9.17) is 11.6 Å². The molecule has 92 valence electrons. The molecule has 0 saturated heterocycles. The summed E-state index contributed by atoms with van der Waals surface area (Å²) in [5, 5.41) is 2.01. The van der Waals surface area contributed by atoms with E-state index < -0.39 is 12.7 Å². The second-order valence-corrected chi connectivity index (χ2v) is 3.68. The number of aryl methyl sites for hydroxylation is 1. The lowest BCUT2D eigenvalue weighted by atomic mass is 10.4. The van der Waals surface area contributed by atoms with Gasteiger partial charge in [-0.25, -0.2) is 4.98 Å². The maximum atomic E-state index is 12.1. The van der Waals surface area contributed by atoms with Gasteiger partial charge in [0, 0.05) is 7.05 Å². The fourth-order valence-electron chi connectivity index (χ4n) is 1.29. The third kappa shape index (κ3) is 2.57. The van der Waals surface area contributed by atoms with Crippen LogP contribution in [-0.2, 0) is 7.05 Å². The molecule has 0 bridgehead atoms. The Balaban J connectivity index is 2.39. The van der Waals surface area contributed by atoms with Gasteiger partial charge < -0.3 is 9.88 Å². The van der Waals surface area contributed by atoms with Crippen LogP contribution in [0.3, 0.4) is 0 Å². The molecule has 9 heteroatoms. The SMILES string of the molecule is Cn1cnc2c(NCC(F)(F)F)nc(Cl)nc21. The van der Waals surface area contributed by atoms with Crippen LogP contribution >= 0.6 is 11.6 Å². The van der Waals surface area contributed by atoms with Crippen molar-refractivity contribution in [3.63, 3.8) is 0 Å².